The molecule has 0 aliphatic carbocycles. The molecule has 0 saturated heterocycles. The van der Waals surface area contributed by atoms with Gasteiger partial charge in [0.05, 0.1) is 6.04 Å². The van der Waals surface area contributed by atoms with E-state index in [1.165, 1.54) is 20.9 Å². The first kappa shape index (κ1) is 19.2. The highest BCUT2D eigenvalue weighted by Gasteiger charge is 2.33. The van der Waals surface area contributed by atoms with Crippen LogP contribution >= 0.6 is 22.7 Å². The van der Waals surface area contributed by atoms with Crippen molar-refractivity contribution in [2.24, 2.45) is 0 Å². The van der Waals surface area contributed by atoms with Crippen LogP contribution in [0.4, 0.5) is 0 Å². The molecular formula is C23H21N3O2S2. The molecule has 30 heavy (non-hydrogen) atoms. The molecule has 1 amide bonds. The van der Waals surface area contributed by atoms with E-state index < -0.39 is 0 Å². The fourth-order valence-electron chi connectivity index (χ4n) is 3.86. The number of hydrogen-bond donors (Lipinski definition) is 0. The van der Waals surface area contributed by atoms with Crippen LogP contribution < -0.4 is 0 Å². The molecule has 7 heteroatoms. The molecule has 5 rings (SSSR count). The predicted octanol–water partition coefficient (Wildman–Crippen LogP) is 5.27. The number of amides is 1. The van der Waals surface area contributed by atoms with Crippen LogP contribution in [-0.2, 0) is 17.6 Å². The highest BCUT2D eigenvalue weighted by atomic mass is 32.1. The number of aromatic nitrogens is 2. The minimum Gasteiger partial charge on any atom is -0.421 e. The summed E-state index contributed by atoms with van der Waals surface area (Å²) in [6, 6.07) is 14.3. The van der Waals surface area contributed by atoms with E-state index >= 15 is 0 Å². The van der Waals surface area contributed by atoms with Crippen LogP contribution in [0, 0.1) is 6.92 Å². The lowest BCUT2D eigenvalue weighted by Crippen LogP contribution is -2.39. The molecule has 152 valence electrons. The minimum atomic E-state index is 0.0123. The van der Waals surface area contributed by atoms with Gasteiger partial charge in [-0.25, -0.2) is 0 Å². The monoisotopic (exact) mass is 435 g/mol. The average molecular weight is 436 g/mol. The molecular weight excluding hydrogens is 414 g/mol. The fourth-order valence-corrected chi connectivity index (χ4v) is 5.62. The van der Waals surface area contributed by atoms with Gasteiger partial charge < -0.3 is 9.32 Å². The Morgan fingerprint density at radius 3 is 2.80 bits per heavy atom. The van der Waals surface area contributed by atoms with Crippen LogP contribution in [-0.4, -0.2) is 27.5 Å². The quantitative estimate of drug-likeness (QED) is 0.428. The summed E-state index contributed by atoms with van der Waals surface area (Å²) in [6.45, 7) is 2.78. The van der Waals surface area contributed by atoms with Crippen molar-refractivity contribution in [3.63, 3.8) is 0 Å². The van der Waals surface area contributed by atoms with Gasteiger partial charge in [-0.15, -0.1) is 32.9 Å². The maximum atomic E-state index is 13.2. The number of benzene rings is 1. The first-order chi connectivity index (χ1) is 14.7. The summed E-state index contributed by atoms with van der Waals surface area (Å²) >= 11 is 3.49. The summed E-state index contributed by atoms with van der Waals surface area (Å²) in [5, 5.41) is 12.5. The Labute approximate surface area is 183 Å². The predicted molar refractivity (Wildman–Crippen MR) is 119 cm³/mol. The Bertz CT molecular complexity index is 1150. The van der Waals surface area contributed by atoms with E-state index in [0.29, 0.717) is 24.6 Å². The van der Waals surface area contributed by atoms with Gasteiger partial charge in [-0.3, -0.25) is 4.79 Å². The zero-order chi connectivity index (χ0) is 20.5. The molecule has 0 unspecified atom stereocenters. The van der Waals surface area contributed by atoms with Crippen molar-refractivity contribution in [3.05, 3.63) is 80.0 Å². The summed E-state index contributed by atoms with van der Waals surface area (Å²) < 4.78 is 5.80. The fraction of sp³-hybridized carbons (Fsp3) is 0.261. The van der Waals surface area contributed by atoms with Crippen molar-refractivity contribution >= 4 is 28.6 Å². The van der Waals surface area contributed by atoms with Crippen LogP contribution in [0.25, 0.3) is 11.5 Å². The SMILES string of the molecule is Cc1ccc(-c2nnc(CCC(=O)N3CCc4sccc4[C@H]3c3cccs3)o2)cc1. The van der Waals surface area contributed by atoms with Gasteiger partial charge in [0.1, 0.15) is 0 Å². The van der Waals surface area contributed by atoms with Crippen LogP contribution in [0.15, 0.2) is 57.6 Å². The molecule has 0 fully saturated rings. The van der Waals surface area contributed by atoms with Gasteiger partial charge in [0, 0.05) is 34.7 Å². The van der Waals surface area contributed by atoms with E-state index in [0.717, 1.165) is 18.5 Å². The van der Waals surface area contributed by atoms with Gasteiger partial charge in [0.25, 0.3) is 0 Å². The summed E-state index contributed by atoms with van der Waals surface area (Å²) in [4.78, 5) is 17.8. The molecule has 1 aliphatic rings. The highest BCUT2D eigenvalue weighted by molar-refractivity contribution is 7.10. The Hall–Kier alpha value is -2.77. The Balaban J connectivity index is 1.30. The number of rotatable bonds is 5. The average Bonchev–Trinajstić information content (AvgIpc) is 3.53. The van der Waals surface area contributed by atoms with E-state index in [1.807, 2.05) is 42.2 Å². The van der Waals surface area contributed by atoms with E-state index in [9.17, 15) is 4.79 Å². The zero-order valence-corrected chi connectivity index (χ0v) is 18.2. The van der Waals surface area contributed by atoms with Crippen molar-refractivity contribution in [2.75, 3.05) is 6.54 Å². The number of hydrogen-bond acceptors (Lipinski definition) is 6. The van der Waals surface area contributed by atoms with Crippen molar-refractivity contribution < 1.29 is 9.21 Å². The molecule has 0 saturated carbocycles. The first-order valence-corrected chi connectivity index (χ1v) is 11.7. The first-order valence-electron chi connectivity index (χ1n) is 9.97. The van der Waals surface area contributed by atoms with Gasteiger partial charge in [-0.1, -0.05) is 23.8 Å². The third-order valence-electron chi connectivity index (χ3n) is 5.42. The van der Waals surface area contributed by atoms with Crippen LogP contribution in [0.1, 0.15) is 39.2 Å². The number of nitrogens with zero attached hydrogens (tertiary/aromatic N) is 3. The Kier molecular flexibility index (Phi) is 5.23. The smallest absolute Gasteiger partial charge is 0.247 e. The zero-order valence-electron chi connectivity index (χ0n) is 16.6. The summed E-state index contributed by atoms with van der Waals surface area (Å²) in [6.07, 6.45) is 1.72. The van der Waals surface area contributed by atoms with E-state index in [-0.39, 0.29) is 11.9 Å². The standard InChI is InChI=1S/C23H21N3O2S2/c1-15-4-6-16(7-5-15)23-25-24-20(28-23)8-9-21(27)26-12-10-18-17(11-14-30-18)22(26)19-3-2-13-29-19/h2-7,11,13-14,22H,8-10,12H2,1H3/t22-/m0/s1. The van der Waals surface area contributed by atoms with Gasteiger partial charge in [-0.2, -0.15) is 0 Å². The summed E-state index contributed by atoms with van der Waals surface area (Å²) in [5.41, 5.74) is 3.34. The lowest BCUT2D eigenvalue weighted by molar-refractivity contribution is -0.133. The van der Waals surface area contributed by atoms with Crippen molar-refractivity contribution in [1.82, 2.24) is 15.1 Å². The Morgan fingerprint density at radius 2 is 2.00 bits per heavy atom. The molecule has 0 radical (unpaired) electrons. The van der Waals surface area contributed by atoms with Crippen molar-refractivity contribution in [2.45, 2.75) is 32.2 Å². The lowest BCUT2D eigenvalue weighted by atomic mass is 9.98. The number of carbonyl (C=O) groups excluding carboxylic acids is 1. The summed E-state index contributed by atoms with van der Waals surface area (Å²) in [7, 11) is 0. The third-order valence-corrected chi connectivity index (χ3v) is 7.34. The molecule has 4 heterocycles. The molecule has 0 bridgehead atoms. The van der Waals surface area contributed by atoms with Crippen molar-refractivity contribution in [3.8, 4) is 11.5 Å². The maximum Gasteiger partial charge on any atom is 0.247 e. The van der Waals surface area contributed by atoms with Gasteiger partial charge in [0.2, 0.25) is 17.7 Å². The minimum absolute atomic E-state index is 0.0123. The molecule has 4 aromatic rings. The molecule has 3 aromatic heterocycles. The van der Waals surface area contributed by atoms with E-state index in [4.69, 9.17) is 4.42 Å². The third kappa shape index (κ3) is 3.70. The lowest BCUT2D eigenvalue weighted by Gasteiger charge is -2.35. The maximum absolute atomic E-state index is 13.2. The van der Waals surface area contributed by atoms with E-state index in [1.54, 1.807) is 22.7 Å². The van der Waals surface area contributed by atoms with Gasteiger partial charge >= 0.3 is 0 Å². The van der Waals surface area contributed by atoms with Crippen LogP contribution in [0.3, 0.4) is 0 Å². The second kappa shape index (κ2) is 8.16. The van der Waals surface area contributed by atoms with Crippen LogP contribution in [0.2, 0.25) is 0 Å². The normalized spacial score (nSPS) is 15.9. The molecule has 0 N–H and O–H groups in total. The largest absolute Gasteiger partial charge is 0.421 e. The van der Waals surface area contributed by atoms with Gasteiger partial charge in [-0.05, 0) is 53.9 Å². The molecule has 1 aromatic carbocycles. The van der Waals surface area contributed by atoms with Gasteiger partial charge in [0.15, 0.2) is 0 Å². The van der Waals surface area contributed by atoms with Crippen molar-refractivity contribution in [1.29, 1.82) is 0 Å². The molecule has 5 nitrogen and oxygen atoms in total. The number of fused-ring (bicyclic) bond motifs is 1. The topological polar surface area (TPSA) is 59.2 Å². The highest BCUT2D eigenvalue weighted by Crippen LogP contribution is 2.39. The molecule has 1 atom stereocenters. The molecule has 1 aliphatic heterocycles. The second-order valence-corrected chi connectivity index (χ2v) is 9.40. The van der Waals surface area contributed by atoms with E-state index in [2.05, 4.69) is 33.1 Å². The van der Waals surface area contributed by atoms with Crippen LogP contribution in [0.5, 0.6) is 0 Å². The number of aryl methyl sites for hydroxylation is 2. The number of thiophene rings is 2. The Morgan fingerprint density at radius 1 is 1.13 bits per heavy atom. The number of carbonyl (C=O) groups is 1. The molecule has 0 spiro atoms. The second-order valence-electron chi connectivity index (χ2n) is 7.42. The summed E-state index contributed by atoms with van der Waals surface area (Å²) in [5.74, 6) is 1.12.